The summed E-state index contributed by atoms with van der Waals surface area (Å²) in [7, 11) is 4.26. The lowest BCUT2D eigenvalue weighted by atomic mass is 9.84. The van der Waals surface area contributed by atoms with E-state index in [9.17, 15) is 0 Å². The highest BCUT2D eigenvalue weighted by molar-refractivity contribution is 6.22. The highest BCUT2D eigenvalue weighted by Crippen LogP contribution is 2.52. The number of anilines is 9. The van der Waals surface area contributed by atoms with Gasteiger partial charge in [-0.15, -0.1) is 0 Å². The first-order valence-electron chi connectivity index (χ1n) is 30.5. The van der Waals surface area contributed by atoms with Gasteiger partial charge in [-0.3, -0.25) is 0 Å². The zero-order chi connectivity index (χ0) is 59.5. The van der Waals surface area contributed by atoms with E-state index in [0.29, 0.717) is 0 Å². The lowest BCUT2D eigenvalue weighted by Crippen LogP contribution is -2.19. The molecule has 15 rings (SSSR count). The van der Waals surface area contributed by atoms with Crippen LogP contribution in [0.2, 0.25) is 0 Å². The summed E-state index contributed by atoms with van der Waals surface area (Å²) in [5, 5.41) is 4.78. The topological polar surface area (TPSA) is 31.4 Å². The maximum atomic E-state index is 6.63. The lowest BCUT2D eigenvalue weighted by Gasteiger charge is -2.33. The van der Waals surface area contributed by atoms with Crippen molar-refractivity contribution in [2.45, 2.75) is 26.7 Å². The first-order valence-corrected chi connectivity index (χ1v) is 30.5. The van der Waals surface area contributed by atoms with Crippen LogP contribution in [-0.2, 0) is 0 Å². The quantitative estimate of drug-likeness (QED) is 0.0895. The van der Waals surface area contributed by atoms with E-state index in [1.54, 1.807) is 0 Å². The number of benzene rings is 12. The smallest absolute Gasteiger partial charge is 0.151 e. The van der Waals surface area contributed by atoms with Crippen molar-refractivity contribution in [2.24, 2.45) is 0 Å². The van der Waals surface area contributed by atoms with Gasteiger partial charge in [0, 0.05) is 48.2 Å². The maximum absolute atomic E-state index is 6.63. The standard InChI is InChI=1S/C80H60N4O2.C2H6/c1-81-71-51-57(39-45-75(71)85-77-47-41-65(53-73(77)81)83(61-25-13-5-14-26-61)62-27-15-6-16-28-62)35-33-55-37-43-67-69(49-55)70-50-56(38-44-68(70)80(60-23-11-4-12-24-60)79(67)59-21-9-3-10-22-59)34-36-58-40-46-76-72(52-58)82(2)74-54-66(42-48-78(74)86-76)84(63-29-17-7-18-30-63)64-31-19-8-20-32-64;1-2/h3-7,9-19,21-54H,8,20H2,1-2H3;1-2H3/b35-33+,36-34+;. The van der Waals surface area contributed by atoms with Crippen LogP contribution in [0.1, 0.15) is 48.9 Å². The highest BCUT2D eigenvalue weighted by Gasteiger charge is 2.27. The van der Waals surface area contributed by atoms with Gasteiger partial charge in [-0.1, -0.05) is 202 Å². The predicted octanol–water partition coefficient (Wildman–Crippen LogP) is 23.3. The average molecular weight is 1140 g/mol. The molecular formula is C82H66N4O2. The number of hydrogen-bond acceptors (Lipinski definition) is 6. The van der Waals surface area contributed by atoms with Crippen LogP contribution in [0.3, 0.4) is 0 Å². The molecule has 0 fully saturated rings. The first-order chi connectivity index (χ1) is 43.5. The van der Waals surface area contributed by atoms with Gasteiger partial charge in [-0.2, -0.15) is 0 Å². The molecular weight excluding hydrogens is 1070 g/mol. The van der Waals surface area contributed by atoms with E-state index < -0.39 is 0 Å². The van der Waals surface area contributed by atoms with Crippen molar-refractivity contribution in [3.05, 3.63) is 307 Å². The monoisotopic (exact) mass is 1140 g/mol. The molecule has 426 valence electrons. The van der Waals surface area contributed by atoms with Crippen molar-refractivity contribution in [1.29, 1.82) is 0 Å². The molecule has 88 heavy (non-hydrogen) atoms. The van der Waals surface area contributed by atoms with E-state index in [1.165, 1.54) is 49.5 Å². The third-order valence-corrected chi connectivity index (χ3v) is 16.8. The Hall–Kier alpha value is -11.1. The minimum absolute atomic E-state index is 0.819. The van der Waals surface area contributed by atoms with E-state index in [1.807, 2.05) is 13.8 Å². The minimum atomic E-state index is 0.819. The fraction of sp³-hybridized carbons (Fsp3) is 0.0732. The molecule has 0 spiro atoms. The van der Waals surface area contributed by atoms with Crippen molar-refractivity contribution in [3.8, 4) is 45.3 Å². The Labute approximate surface area is 516 Å². The molecule has 0 atom stereocenters. The second-order valence-corrected chi connectivity index (χ2v) is 22.1. The SMILES string of the molecule is CC.CN1c2cc(/C=C/c3ccc4c(-c5ccccc5)c(-c5ccccc5)c5ccc(/C=C/c6ccc7c(c6)N(C)c6cc(N(c8ccccc8)c8ccccc8)ccc6O7)cc5c4c3)ccc2Oc2ccc(N(C3=CCCC=C3)c3ccccc3)cc21. The molecule has 0 bridgehead atoms. The summed E-state index contributed by atoms with van der Waals surface area (Å²) in [5.41, 5.74) is 19.8. The number of hydrogen-bond donors (Lipinski definition) is 0. The zero-order valence-corrected chi connectivity index (χ0v) is 49.9. The van der Waals surface area contributed by atoms with E-state index in [-0.39, 0.29) is 0 Å². The van der Waals surface area contributed by atoms with Gasteiger partial charge in [-0.05, 0) is 194 Å². The lowest BCUT2D eigenvalue weighted by molar-refractivity contribution is 0.475. The first kappa shape index (κ1) is 54.8. The van der Waals surface area contributed by atoms with Crippen LogP contribution in [0.15, 0.2) is 285 Å². The number of fused-ring (bicyclic) bond motifs is 7. The third kappa shape index (κ3) is 10.6. The number of allylic oxidation sites excluding steroid dienone is 3. The van der Waals surface area contributed by atoms with Gasteiger partial charge < -0.3 is 29.1 Å². The second kappa shape index (κ2) is 24.1. The molecule has 0 amide bonds. The highest BCUT2D eigenvalue weighted by atomic mass is 16.5. The van der Waals surface area contributed by atoms with Crippen LogP contribution in [-0.4, -0.2) is 14.1 Å². The van der Waals surface area contributed by atoms with Crippen LogP contribution >= 0.6 is 0 Å². The van der Waals surface area contributed by atoms with Gasteiger partial charge in [0.1, 0.15) is 0 Å². The van der Waals surface area contributed by atoms with E-state index in [2.05, 4.69) is 337 Å². The zero-order valence-electron chi connectivity index (χ0n) is 49.9. The van der Waals surface area contributed by atoms with Gasteiger partial charge in [0.2, 0.25) is 0 Å². The summed E-state index contributed by atoms with van der Waals surface area (Å²) < 4.78 is 13.2. The predicted molar refractivity (Wildman–Crippen MR) is 373 cm³/mol. The molecule has 1 aliphatic carbocycles. The van der Waals surface area contributed by atoms with Crippen molar-refractivity contribution >= 4 is 97.0 Å². The summed E-state index contributed by atoms with van der Waals surface area (Å²) >= 11 is 0. The number of ether oxygens (including phenoxy) is 2. The number of rotatable bonds is 12. The van der Waals surface area contributed by atoms with Crippen molar-refractivity contribution < 1.29 is 9.47 Å². The molecule has 12 aromatic carbocycles. The van der Waals surface area contributed by atoms with Gasteiger partial charge >= 0.3 is 0 Å². The van der Waals surface area contributed by atoms with Crippen LogP contribution in [0.25, 0.3) is 68.1 Å². The fourth-order valence-corrected chi connectivity index (χ4v) is 12.5. The number of nitrogens with zero attached hydrogens (tertiary/aromatic N) is 4. The molecule has 6 nitrogen and oxygen atoms in total. The van der Waals surface area contributed by atoms with E-state index in [4.69, 9.17) is 9.47 Å². The Balaban J connectivity index is 0.00000337. The second-order valence-electron chi connectivity index (χ2n) is 22.1. The van der Waals surface area contributed by atoms with Gasteiger partial charge in [0.05, 0.1) is 22.7 Å². The normalized spacial score (nSPS) is 13.0. The summed E-state index contributed by atoms with van der Waals surface area (Å²) in [6, 6.07) is 93.1. The maximum Gasteiger partial charge on any atom is 0.151 e. The molecule has 0 unspecified atom stereocenters. The Morgan fingerprint density at radius 3 is 1.09 bits per heavy atom. The van der Waals surface area contributed by atoms with Crippen LogP contribution in [0.4, 0.5) is 51.2 Å². The molecule has 12 aromatic rings. The molecule has 0 saturated carbocycles. The van der Waals surface area contributed by atoms with Crippen LogP contribution in [0.5, 0.6) is 23.0 Å². The third-order valence-electron chi connectivity index (χ3n) is 16.8. The van der Waals surface area contributed by atoms with Crippen LogP contribution < -0.4 is 29.1 Å². The Morgan fingerprint density at radius 1 is 0.330 bits per heavy atom. The van der Waals surface area contributed by atoms with Gasteiger partial charge in [0.25, 0.3) is 0 Å². The van der Waals surface area contributed by atoms with Gasteiger partial charge in [0.15, 0.2) is 23.0 Å². The summed E-state index contributed by atoms with van der Waals surface area (Å²) in [4.78, 5) is 9.12. The molecule has 0 N–H and O–H groups in total. The minimum Gasteiger partial charge on any atom is -0.453 e. The summed E-state index contributed by atoms with van der Waals surface area (Å²) in [6.45, 7) is 4.00. The molecule has 6 heteroatoms. The Bertz CT molecular complexity index is 4630. The summed E-state index contributed by atoms with van der Waals surface area (Å²) in [6.07, 6.45) is 17.8. The summed E-state index contributed by atoms with van der Waals surface area (Å²) in [5.74, 6) is 3.30. The van der Waals surface area contributed by atoms with Crippen LogP contribution in [0, 0.1) is 0 Å². The van der Waals surface area contributed by atoms with Gasteiger partial charge in [-0.25, -0.2) is 0 Å². The van der Waals surface area contributed by atoms with Crippen molar-refractivity contribution in [3.63, 3.8) is 0 Å². The number of para-hydroxylation sites is 3. The Kier molecular flexibility index (Phi) is 15.0. The van der Waals surface area contributed by atoms with Crippen molar-refractivity contribution in [1.82, 2.24) is 0 Å². The average Bonchev–Trinajstić information content (AvgIpc) is 1.09. The Morgan fingerprint density at radius 2 is 0.682 bits per heavy atom. The molecule has 0 radical (unpaired) electrons. The largest absolute Gasteiger partial charge is 0.453 e. The molecule has 2 aliphatic heterocycles. The fourth-order valence-electron chi connectivity index (χ4n) is 12.5. The molecule has 2 heterocycles. The van der Waals surface area contributed by atoms with Crippen molar-refractivity contribution in [2.75, 3.05) is 33.7 Å². The molecule has 3 aliphatic rings. The molecule has 0 saturated heterocycles. The molecule has 0 aromatic heterocycles. The van der Waals surface area contributed by atoms with E-state index in [0.717, 1.165) is 109 Å². The van der Waals surface area contributed by atoms with E-state index >= 15 is 0 Å².